The van der Waals surface area contributed by atoms with Crippen molar-refractivity contribution in [1.29, 1.82) is 0 Å². The first kappa shape index (κ1) is 14.2. The quantitative estimate of drug-likeness (QED) is 0.927. The van der Waals surface area contributed by atoms with E-state index in [2.05, 4.69) is 5.10 Å². The Bertz CT molecular complexity index is 653. The summed E-state index contributed by atoms with van der Waals surface area (Å²) in [6, 6.07) is 4.81. The molecule has 1 N–H and O–H groups in total. The molecular formula is C12H9Cl3N2O2. The number of carboxylic acids is 1. The zero-order valence-electron chi connectivity index (χ0n) is 9.82. The zero-order valence-corrected chi connectivity index (χ0v) is 12.1. The van der Waals surface area contributed by atoms with Gasteiger partial charge >= 0.3 is 5.97 Å². The van der Waals surface area contributed by atoms with Gasteiger partial charge in [0.05, 0.1) is 16.4 Å². The lowest BCUT2D eigenvalue weighted by atomic mass is 10.2. The third-order valence-electron chi connectivity index (χ3n) is 2.59. The van der Waals surface area contributed by atoms with Gasteiger partial charge in [-0.15, -0.1) is 0 Å². The van der Waals surface area contributed by atoms with Crippen LogP contribution in [0, 0.1) is 0 Å². The summed E-state index contributed by atoms with van der Waals surface area (Å²) < 4.78 is 1.31. The van der Waals surface area contributed by atoms with Crippen LogP contribution in [0.4, 0.5) is 0 Å². The third kappa shape index (κ3) is 2.56. The maximum Gasteiger partial charge on any atom is 0.340 e. The van der Waals surface area contributed by atoms with Crippen LogP contribution in [-0.2, 0) is 6.42 Å². The summed E-state index contributed by atoms with van der Waals surface area (Å²) in [4.78, 5) is 11.2. The lowest BCUT2D eigenvalue weighted by Gasteiger charge is -2.05. The van der Waals surface area contributed by atoms with Crippen molar-refractivity contribution in [3.63, 3.8) is 0 Å². The van der Waals surface area contributed by atoms with Crippen molar-refractivity contribution in [2.45, 2.75) is 13.3 Å². The van der Waals surface area contributed by atoms with Gasteiger partial charge < -0.3 is 5.11 Å². The number of rotatable bonds is 3. The second-order valence-electron chi connectivity index (χ2n) is 3.78. The minimum atomic E-state index is -1.11. The number of carbonyl (C=O) groups is 1. The molecule has 4 nitrogen and oxygen atoms in total. The van der Waals surface area contributed by atoms with Crippen molar-refractivity contribution in [2.75, 3.05) is 0 Å². The number of aromatic carboxylic acids is 1. The van der Waals surface area contributed by atoms with Gasteiger partial charge in [0.25, 0.3) is 0 Å². The van der Waals surface area contributed by atoms with Gasteiger partial charge in [0.2, 0.25) is 0 Å². The van der Waals surface area contributed by atoms with E-state index < -0.39 is 5.97 Å². The van der Waals surface area contributed by atoms with Crippen molar-refractivity contribution in [1.82, 2.24) is 9.78 Å². The SMILES string of the molecule is CCc1nn(-c2ccc(Cl)cc2Cl)c(Cl)c1C(=O)O. The van der Waals surface area contributed by atoms with Crippen LogP contribution in [0.2, 0.25) is 15.2 Å². The molecule has 0 aliphatic carbocycles. The molecule has 0 spiro atoms. The lowest BCUT2D eigenvalue weighted by molar-refractivity contribution is 0.0696. The van der Waals surface area contributed by atoms with Gasteiger partial charge in [0.15, 0.2) is 0 Å². The standard InChI is InChI=1S/C12H9Cl3N2O2/c1-2-8-10(12(18)19)11(15)17(16-8)9-4-3-6(13)5-7(9)14/h3-5H,2H2,1H3,(H,18,19). The first-order valence-corrected chi connectivity index (χ1v) is 6.55. The maximum absolute atomic E-state index is 11.2. The normalized spacial score (nSPS) is 10.7. The second kappa shape index (κ2) is 5.41. The molecule has 0 fully saturated rings. The smallest absolute Gasteiger partial charge is 0.340 e. The minimum absolute atomic E-state index is 0.00446. The van der Waals surface area contributed by atoms with Gasteiger partial charge in [-0.2, -0.15) is 5.10 Å². The Morgan fingerprint density at radius 1 is 1.37 bits per heavy atom. The number of nitrogens with zero attached hydrogens (tertiary/aromatic N) is 2. The van der Waals surface area contributed by atoms with Gasteiger partial charge in [0, 0.05) is 5.02 Å². The Labute approximate surface area is 124 Å². The molecule has 0 saturated carbocycles. The Kier molecular flexibility index (Phi) is 4.04. The molecule has 0 aliphatic heterocycles. The van der Waals surface area contributed by atoms with Crippen LogP contribution in [0.1, 0.15) is 23.0 Å². The first-order chi connectivity index (χ1) is 8.95. The molecule has 1 aromatic heterocycles. The first-order valence-electron chi connectivity index (χ1n) is 5.41. The molecule has 0 bridgehead atoms. The molecule has 0 aliphatic rings. The zero-order chi connectivity index (χ0) is 14.2. The van der Waals surface area contributed by atoms with E-state index in [1.807, 2.05) is 0 Å². The van der Waals surface area contributed by atoms with Gasteiger partial charge in [-0.1, -0.05) is 41.7 Å². The third-order valence-corrected chi connectivity index (χ3v) is 3.48. The molecule has 0 saturated heterocycles. The van der Waals surface area contributed by atoms with Crippen LogP contribution in [-0.4, -0.2) is 20.9 Å². The molecule has 7 heteroatoms. The summed E-state index contributed by atoms with van der Waals surface area (Å²) in [6.45, 7) is 1.80. The number of aryl methyl sites for hydroxylation is 1. The highest BCUT2D eigenvalue weighted by molar-refractivity contribution is 6.36. The van der Waals surface area contributed by atoms with E-state index in [1.54, 1.807) is 25.1 Å². The van der Waals surface area contributed by atoms with Crippen LogP contribution in [0.5, 0.6) is 0 Å². The minimum Gasteiger partial charge on any atom is -0.478 e. The monoisotopic (exact) mass is 318 g/mol. The maximum atomic E-state index is 11.2. The highest BCUT2D eigenvalue weighted by Crippen LogP contribution is 2.29. The molecule has 0 radical (unpaired) electrons. The highest BCUT2D eigenvalue weighted by atomic mass is 35.5. The van der Waals surface area contributed by atoms with Crippen LogP contribution < -0.4 is 0 Å². The second-order valence-corrected chi connectivity index (χ2v) is 4.98. The fraction of sp³-hybridized carbons (Fsp3) is 0.167. The number of hydrogen-bond acceptors (Lipinski definition) is 2. The van der Waals surface area contributed by atoms with E-state index in [-0.39, 0.29) is 10.7 Å². The predicted molar refractivity (Wildman–Crippen MR) is 74.9 cm³/mol. The average molecular weight is 320 g/mol. The number of carboxylic acid groups (broad SMARTS) is 1. The van der Waals surface area contributed by atoms with Gasteiger partial charge in [-0.25, -0.2) is 9.48 Å². The molecule has 2 rings (SSSR count). The summed E-state index contributed by atoms with van der Waals surface area (Å²) in [6.07, 6.45) is 0.458. The predicted octanol–water partition coefficient (Wildman–Crippen LogP) is 4.09. The Balaban J connectivity index is 2.66. The molecular weight excluding hydrogens is 311 g/mol. The molecule has 2 aromatic rings. The van der Waals surface area contributed by atoms with Crippen molar-refractivity contribution in [2.24, 2.45) is 0 Å². The van der Waals surface area contributed by atoms with Crippen LogP contribution >= 0.6 is 34.8 Å². The highest BCUT2D eigenvalue weighted by Gasteiger charge is 2.22. The molecule has 0 unspecified atom stereocenters. The van der Waals surface area contributed by atoms with Crippen molar-refractivity contribution in [3.05, 3.63) is 44.7 Å². The summed E-state index contributed by atoms with van der Waals surface area (Å²) in [5.41, 5.74) is 0.886. The van der Waals surface area contributed by atoms with E-state index in [9.17, 15) is 4.79 Å². The summed E-state index contributed by atoms with van der Waals surface area (Å²) in [5.74, 6) is -1.11. The van der Waals surface area contributed by atoms with Gasteiger partial charge in [0.1, 0.15) is 10.7 Å². The Morgan fingerprint density at radius 3 is 2.53 bits per heavy atom. The summed E-state index contributed by atoms with van der Waals surface area (Å²) in [5, 5.41) is 14.2. The lowest BCUT2D eigenvalue weighted by Crippen LogP contribution is -2.00. The fourth-order valence-electron chi connectivity index (χ4n) is 1.71. The van der Waals surface area contributed by atoms with Crippen LogP contribution in [0.15, 0.2) is 18.2 Å². The van der Waals surface area contributed by atoms with Crippen LogP contribution in [0.25, 0.3) is 5.69 Å². The van der Waals surface area contributed by atoms with E-state index in [1.165, 1.54) is 4.68 Å². The van der Waals surface area contributed by atoms with E-state index in [4.69, 9.17) is 39.9 Å². The topological polar surface area (TPSA) is 55.1 Å². The molecule has 19 heavy (non-hydrogen) atoms. The molecule has 0 amide bonds. The fourth-order valence-corrected chi connectivity index (χ4v) is 2.52. The summed E-state index contributed by atoms with van der Waals surface area (Å²) >= 11 is 18.0. The number of aromatic nitrogens is 2. The summed E-state index contributed by atoms with van der Waals surface area (Å²) in [7, 11) is 0. The molecule has 1 heterocycles. The van der Waals surface area contributed by atoms with E-state index in [0.29, 0.717) is 27.8 Å². The van der Waals surface area contributed by atoms with Crippen molar-refractivity contribution >= 4 is 40.8 Å². The van der Waals surface area contributed by atoms with E-state index >= 15 is 0 Å². The van der Waals surface area contributed by atoms with E-state index in [0.717, 1.165) is 0 Å². The van der Waals surface area contributed by atoms with Crippen LogP contribution in [0.3, 0.4) is 0 Å². The van der Waals surface area contributed by atoms with Crippen molar-refractivity contribution in [3.8, 4) is 5.69 Å². The molecule has 0 atom stereocenters. The molecule has 100 valence electrons. The Hall–Kier alpha value is -1.23. The largest absolute Gasteiger partial charge is 0.478 e. The average Bonchev–Trinajstić information content (AvgIpc) is 2.66. The number of benzene rings is 1. The molecule has 1 aromatic carbocycles. The van der Waals surface area contributed by atoms with Crippen molar-refractivity contribution < 1.29 is 9.90 Å². The number of halogens is 3. The Morgan fingerprint density at radius 2 is 2.05 bits per heavy atom. The number of hydrogen-bond donors (Lipinski definition) is 1. The van der Waals surface area contributed by atoms with Gasteiger partial charge in [-0.05, 0) is 24.6 Å². The van der Waals surface area contributed by atoms with Gasteiger partial charge in [-0.3, -0.25) is 0 Å².